The van der Waals surface area contributed by atoms with E-state index in [9.17, 15) is 14.9 Å². The summed E-state index contributed by atoms with van der Waals surface area (Å²) in [5.41, 5.74) is 3.73. The molecule has 9 heteroatoms. The molecule has 0 aromatic heterocycles. The fraction of sp³-hybridized carbons (Fsp3) is 0.120. The van der Waals surface area contributed by atoms with Gasteiger partial charge in [0.25, 0.3) is 11.6 Å². The molecule has 0 saturated carbocycles. The molecular weight excluding hydrogens is 492 g/mol. The Hall–Kier alpha value is -3.20. The van der Waals surface area contributed by atoms with Gasteiger partial charge in [-0.15, -0.1) is 0 Å². The SMILES string of the molecule is Cc1ccc(CN2C(=O)/C(=C/c3ccc(OCc4ccc([N+](=O)[O-])cc4)c(Cl)c3)SC2=S)cc1. The van der Waals surface area contributed by atoms with E-state index < -0.39 is 4.92 Å². The van der Waals surface area contributed by atoms with Crippen LogP contribution in [0.25, 0.3) is 6.08 Å². The van der Waals surface area contributed by atoms with Gasteiger partial charge in [0, 0.05) is 12.1 Å². The third-order valence-electron chi connectivity index (χ3n) is 5.13. The van der Waals surface area contributed by atoms with E-state index in [0.29, 0.717) is 26.5 Å². The summed E-state index contributed by atoms with van der Waals surface area (Å²) < 4.78 is 6.27. The molecule has 0 radical (unpaired) electrons. The van der Waals surface area contributed by atoms with E-state index in [4.69, 9.17) is 28.6 Å². The second-order valence-electron chi connectivity index (χ2n) is 7.66. The highest BCUT2D eigenvalue weighted by atomic mass is 35.5. The number of nitro groups is 1. The molecule has 1 amide bonds. The Morgan fingerprint density at radius 3 is 2.41 bits per heavy atom. The predicted octanol–water partition coefficient (Wildman–Crippen LogP) is 6.54. The second-order valence-corrected chi connectivity index (χ2v) is 9.74. The number of ether oxygens (including phenoxy) is 1. The number of amides is 1. The minimum absolute atomic E-state index is 0.0235. The number of nitrogens with zero attached hydrogens (tertiary/aromatic N) is 2. The molecular formula is C25H19ClN2O4S2. The number of rotatable bonds is 7. The molecule has 1 saturated heterocycles. The number of carbonyl (C=O) groups is 1. The number of benzene rings is 3. The van der Waals surface area contributed by atoms with Crippen LogP contribution in [0.5, 0.6) is 5.75 Å². The fourth-order valence-corrected chi connectivity index (χ4v) is 4.76. The number of hydrogen-bond acceptors (Lipinski definition) is 6. The van der Waals surface area contributed by atoms with Crippen LogP contribution in [-0.2, 0) is 17.9 Å². The molecule has 1 aliphatic heterocycles. The smallest absolute Gasteiger partial charge is 0.269 e. The van der Waals surface area contributed by atoms with Crippen molar-refractivity contribution in [1.82, 2.24) is 4.90 Å². The van der Waals surface area contributed by atoms with Crippen molar-refractivity contribution in [3.8, 4) is 5.75 Å². The molecule has 4 rings (SSSR count). The van der Waals surface area contributed by atoms with Crippen molar-refractivity contribution in [3.05, 3.63) is 109 Å². The molecule has 0 unspecified atom stereocenters. The first-order valence-corrected chi connectivity index (χ1v) is 11.9. The minimum atomic E-state index is -0.448. The maximum atomic E-state index is 12.9. The average molecular weight is 511 g/mol. The molecule has 3 aromatic carbocycles. The first-order chi connectivity index (χ1) is 16.3. The van der Waals surface area contributed by atoms with E-state index in [1.54, 1.807) is 35.2 Å². The van der Waals surface area contributed by atoms with Crippen LogP contribution < -0.4 is 4.74 Å². The summed E-state index contributed by atoms with van der Waals surface area (Å²) in [5.74, 6) is 0.342. The highest BCUT2D eigenvalue weighted by Crippen LogP contribution is 2.35. The number of hydrogen-bond donors (Lipinski definition) is 0. The molecule has 1 fully saturated rings. The van der Waals surface area contributed by atoms with Gasteiger partial charge < -0.3 is 4.74 Å². The monoisotopic (exact) mass is 510 g/mol. The largest absolute Gasteiger partial charge is 0.487 e. The topological polar surface area (TPSA) is 72.7 Å². The second kappa shape index (κ2) is 10.4. The van der Waals surface area contributed by atoms with Crippen molar-refractivity contribution >= 4 is 57.6 Å². The first kappa shape index (κ1) is 23.9. The molecule has 0 N–H and O–H groups in total. The molecule has 3 aromatic rings. The van der Waals surface area contributed by atoms with Crippen LogP contribution in [0.3, 0.4) is 0 Å². The normalized spacial score (nSPS) is 14.6. The number of nitro benzene ring substituents is 1. The van der Waals surface area contributed by atoms with E-state index in [1.165, 1.54) is 23.9 Å². The van der Waals surface area contributed by atoms with Crippen molar-refractivity contribution in [2.24, 2.45) is 0 Å². The van der Waals surface area contributed by atoms with Gasteiger partial charge >= 0.3 is 0 Å². The first-order valence-electron chi connectivity index (χ1n) is 10.3. The molecule has 0 aliphatic carbocycles. The van der Waals surface area contributed by atoms with Crippen molar-refractivity contribution in [1.29, 1.82) is 0 Å². The Labute approximate surface area is 211 Å². The zero-order valence-electron chi connectivity index (χ0n) is 18.1. The van der Waals surface area contributed by atoms with Gasteiger partial charge in [0.2, 0.25) is 0 Å². The van der Waals surface area contributed by atoms with Crippen molar-refractivity contribution < 1.29 is 14.5 Å². The average Bonchev–Trinajstić information content (AvgIpc) is 3.07. The molecule has 6 nitrogen and oxygen atoms in total. The summed E-state index contributed by atoms with van der Waals surface area (Å²) in [4.78, 5) is 25.4. The zero-order chi connectivity index (χ0) is 24.2. The van der Waals surface area contributed by atoms with Crippen molar-refractivity contribution in [3.63, 3.8) is 0 Å². The van der Waals surface area contributed by atoms with Crippen LogP contribution in [0.15, 0.2) is 71.6 Å². The van der Waals surface area contributed by atoms with E-state index in [-0.39, 0.29) is 18.2 Å². The van der Waals surface area contributed by atoms with E-state index in [1.807, 2.05) is 37.3 Å². The molecule has 172 valence electrons. The summed E-state index contributed by atoms with van der Waals surface area (Å²) in [7, 11) is 0. The van der Waals surface area contributed by atoms with Gasteiger partial charge in [-0.3, -0.25) is 19.8 Å². The van der Waals surface area contributed by atoms with Gasteiger partial charge in [-0.2, -0.15) is 0 Å². The maximum absolute atomic E-state index is 12.9. The van der Waals surface area contributed by atoms with Gasteiger partial charge in [-0.1, -0.05) is 71.5 Å². The number of halogens is 1. The number of thioether (sulfide) groups is 1. The lowest BCUT2D eigenvalue weighted by atomic mass is 10.1. The van der Waals surface area contributed by atoms with Crippen LogP contribution in [0.1, 0.15) is 22.3 Å². The lowest BCUT2D eigenvalue weighted by Crippen LogP contribution is -2.27. The molecule has 1 heterocycles. The van der Waals surface area contributed by atoms with E-state index in [2.05, 4.69) is 0 Å². The fourth-order valence-electron chi connectivity index (χ4n) is 3.26. The number of carbonyl (C=O) groups excluding carboxylic acids is 1. The molecule has 0 bridgehead atoms. The Morgan fingerprint density at radius 2 is 1.76 bits per heavy atom. The minimum Gasteiger partial charge on any atom is -0.487 e. The quantitative estimate of drug-likeness (QED) is 0.155. The summed E-state index contributed by atoms with van der Waals surface area (Å²) in [5, 5.41) is 11.2. The zero-order valence-corrected chi connectivity index (χ0v) is 20.5. The van der Waals surface area contributed by atoms with Crippen LogP contribution >= 0.6 is 35.6 Å². The number of aryl methyl sites for hydroxylation is 1. The lowest BCUT2D eigenvalue weighted by molar-refractivity contribution is -0.384. The third kappa shape index (κ3) is 5.64. The molecule has 0 atom stereocenters. The Morgan fingerprint density at radius 1 is 1.09 bits per heavy atom. The van der Waals surface area contributed by atoms with Crippen LogP contribution in [-0.4, -0.2) is 20.1 Å². The standard InChI is InChI=1S/C25H19ClN2O4S2/c1-16-2-4-17(5-3-16)14-27-24(29)23(34-25(27)33)13-19-8-11-22(21(26)12-19)32-15-18-6-9-20(10-7-18)28(30)31/h2-13H,14-15H2,1H3/b23-13-. The number of thiocarbonyl (C=S) groups is 1. The Bertz CT molecular complexity index is 1290. The maximum Gasteiger partial charge on any atom is 0.269 e. The molecule has 34 heavy (non-hydrogen) atoms. The third-order valence-corrected chi connectivity index (χ3v) is 6.80. The van der Waals surface area contributed by atoms with Crippen LogP contribution in [0.4, 0.5) is 5.69 Å². The predicted molar refractivity (Wildman–Crippen MR) is 139 cm³/mol. The van der Waals surface area contributed by atoms with Gasteiger partial charge in [-0.25, -0.2) is 0 Å². The van der Waals surface area contributed by atoms with Gasteiger partial charge in [-0.05, 0) is 54.0 Å². The Kier molecular flexibility index (Phi) is 7.31. The molecule has 0 spiro atoms. The summed E-state index contributed by atoms with van der Waals surface area (Å²) in [6.07, 6.45) is 1.76. The van der Waals surface area contributed by atoms with Crippen LogP contribution in [0.2, 0.25) is 5.02 Å². The summed E-state index contributed by atoms with van der Waals surface area (Å²) in [6, 6.07) is 19.4. The Balaban J connectivity index is 1.42. The van der Waals surface area contributed by atoms with Crippen molar-refractivity contribution in [2.45, 2.75) is 20.1 Å². The molecule has 1 aliphatic rings. The van der Waals surface area contributed by atoms with Gasteiger partial charge in [0.1, 0.15) is 16.7 Å². The highest BCUT2D eigenvalue weighted by molar-refractivity contribution is 8.26. The van der Waals surface area contributed by atoms with E-state index >= 15 is 0 Å². The lowest BCUT2D eigenvalue weighted by Gasteiger charge is -2.14. The number of non-ortho nitro benzene ring substituents is 1. The summed E-state index contributed by atoms with van der Waals surface area (Å²) >= 11 is 13.1. The van der Waals surface area contributed by atoms with E-state index in [0.717, 1.165) is 22.3 Å². The summed E-state index contributed by atoms with van der Waals surface area (Å²) in [6.45, 7) is 2.66. The van der Waals surface area contributed by atoms with Crippen LogP contribution in [0, 0.1) is 17.0 Å². The van der Waals surface area contributed by atoms with Gasteiger partial charge in [0.15, 0.2) is 0 Å². The van der Waals surface area contributed by atoms with Gasteiger partial charge in [0.05, 0.1) is 21.4 Å². The highest BCUT2D eigenvalue weighted by Gasteiger charge is 2.32. The van der Waals surface area contributed by atoms with Crippen molar-refractivity contribution in [2.75, 3.05) is 0 Å².